The fourth-order valence-electron chi connectivity index (χ4n) is 4.66. The Balaban J connectivity index is 1.31. The molecule has 10 nitrogen and oxygen atoms in total. The van der Waals surface area contributed by atoms with Gasteiger partial charge >= 0.3 is 12.4 Å². The molecule has 0 saturated carbocycles. The third-order valence-corrected chi connectivity index (χ3v) is 7.83. The number of hydrogen-bond donors (Lipinski definition) is 1. The van der Waals surface area contributed by atoms with Gasteiger partial charge in [-0.15, -0.1) is 18.3 Å². The quantitative estimate of drug-likeness (QED) is 0.233. The van der Waals surface area contributed by atoms with E-state index in [1.54, 1.807) is 18.2 Å². The Hall–Kier alpha value is -4.85. The van der Waals surface area contributed by atoms with Crippen LogP contribution in [0, 0.1) is 6.92 Å². The number of amidine groups is 1. The van der Waals surface area contributed by atoms with Crippen LogP contribution in [0.15, 0.2) is 72.0 Å². The molecule has 3 amide bonds. The number of nitrogens with zero attached hydrogens (tertiary/aromatic N) is 6. The second-order valence-corrected chi connectivity index (χ2v) is 11.7. The van der Waals surface area contributed by atoms with Crippen molar-refractivity contribution in [3.63, 3.8) is 0 Å². The molecule has 45 heavy (non-hydrogen) atoms. The van der Waals surface area contributed by atoms with E-state index in [0.29, 0.717) is 33.6 Å². The molecule has 3 aromatic carbocycles. The summed E-state index contributed by atoms with van der Waals surface area (Å²) in [6, 6.07) is 15.7. The summed E-state index contributed by atoms with van der Waals surface area (Å²) in [7, 11) is 3.90. The number of carbonyl (C=O) groups is 2. The predicted octanol–water partition coefficient (Wildman–Crippen LogP) is 7.00. The molecular weight excluding hydrogens is 607 g/mol. The lowest BCUT2D eigenvalue weighted by Gasteiger charge is -2.24. The summed E-state index contributed by atoms with van der Waals surface area (Å²) in [4.78, 5) is 38.0. The van der Waals surface area contributed by atoms with Gasteiger partial charge in [0.05, 0.1) is 17.1 Å². The Morgan fingerprint density at radius 3 is 2.47 bits per heavy atom. The fourth-order valence-corrected chi connectivity index (χ4v) is 5.52. The van der Waals surface area contributed by atoms with E-state index in [1.165, 1.54) is 51.9 Å². The van der Waals surface area contributed by atoms with Crippen molar-refractivity contribution in [3.05, 3.63) is 78.1 Å². The number of anilines is 3. The third kappa shape index (κ3) is 7.28. The zero-order chi connectivity index (χ0) is 32.5. The maximum Gasteiger partial charge on any atom is 0.573 e. The van der Waals surface area contributed by atoms with Crippen LogP contribution in [-0.4, -0.2) is 58.1 Å². The molecule has 1 fully saturated rings. The van der Waals surface area contributed by atoms with Crippen LogP contribution in [0.3, 0.4) is 0 Å². The van der Waals surface area contributed by atoms with Gasteiger partial charge in [-0.3, -0.25) is 9.69 Å². The zero-order valence-electron chi connectivity index (χ0n) is 25.1. The number of aryl methyl sites for hydroxylation is 1. The largest absolute Gasteiger partial charge is 0.573 e. The van der Waals surface area contributed by atoms with Crippen molar-refractivity contribution in [2.75, 3.05) is 35.0 Å². The van der Waals surface area contributed by atoms with Gasteiger partial charge in [0.2, 0.25) is 5.91 Å². The molecule has 0 aliphatic carbocycles. The van der Waals surface area contributed by atoms with Crippen molar-refractivity contribution >= 4 is 45.9 Å². The zero-order valence-corrected chi connectivity index (χ0v) is 25.9. The minimum Gasteiger partial charge on any atom is -0.406 e. The first kappa shape index (κ1) is 31.6. The maximum atomic E-state index is 13.0. The SMILES string of the molecule is Cc1cc(-c2ncn(-c3ccc(OC(F)(F)F)cc3)n2)ccc1NC(=O)/N=C1\SCC(=O)N1c1ccc(N(C)C)cc1C(C)C. The summed E-state index contributed by atoms with van der Waals surface area (Å²) >= 11 is 1.21. The van der Waals surface area contributed by atoms with Gasteiger partial charge in [-0.1, -0.05) is 25.6 Å². The number of aromatic nitrogens is 3. The second-order valence-electron chi connectivity index (χ2n) is 10.7. The molecule has 234 valence electrons. The molecule has 0 bridgehead atoms. The molecule has 14 heteroatoms. The number of nitrogens with one attached hydrogen (secondary N) is 1. The highest BCUT2D eigenvalue weighted by Crippen LogP contribution is 2.36. The van der Waals surface area contributed by atoms with E-state index in [-0.39, 0.29) is 23.3 Å². The number of aliphatic imine (C=N–C) groups is 1. The summed E-state index contributed by atoms with van der Waals surface area (Å²) in [5, 5.41) is 7.52. The maximum absolute atomic E-state index is 13.0. The first-order valence-corrected chi connectivity index (χ1v) is 14.8. The van der Waals surface area contributed by atoms with Crippen LogP contribution >= 0.6 is 11.8 Å². The van der Waals surface area contributed by atoms with Crippen molar-refractivity contribution < 1.29 is 27.5 Å². The average molecular weight is 638 g/mol. The van der Waals surface area contributed by atoms with Crippen LogP contribution < -0.4 is 19.9 Å². The first-order chi connectivity index (χ1) is 21.3. The van der Waals surface area contributed by atoms with Crippen LogP contribution in [0.25, 0.3) is 17.1 Å². The molecule has 0 atom stereocenters. The molecular formula is C31H30F3N7O3S. The van der Waals surface area contributed by atoms with E-state index in [9.17, 15) is 22.8 Å². The standard InChI is InChI=1S/C31H30F3N7O3S/c1-18(2)24-15-22(39(4)5)9-13-26(24)41-27(42)16-45-30(41)37-29(43)36-25-12-6-20(14-19(25)3)28-35-17-40(38-28)21-7-10-23(11-8-21)44-31(32,33)34/h6-15,17-18H,16H2,1-5H3,(H,36,43)/b37-30-. The molecule has 1 N–H and O–H groups in total. The number of rotatable bonds is 7. The van der Waals surface area contributed by atoms with Gasteiger partial charge in [-0.25, -0.2) is 14.5 Å². The van der Waals surface area contributed by atoms with Crippen LogP contribution in [0.1, 0.15) is 30.9 Å². The third-order valence-electron chi connectivity index (χ3n) is 6.91. The van der Waals surface area contributed by atoms with Gasteiger partial charge in [0.25, 0.3) is 0 Å². The molecule has 1 aliphatic rings. The molecule has 1 aliphatic heterocycles. The summed E-state index contributed by atoms with van der Waals surface area (Å²) in [6.45, 7) is 5.91. The van der Waals surface area contributed by atoms with Gasteiger partial charge in [0.15, 0.2) is 11.0 Å². The number of hydrogen-bond acceptors (Lipinski definition) is 7. The molecule has 5 rings (SSSR count). The van der Waals surface area contributed by atoms with Crippen LogP contribution in [0.5, 0.6) is 5.75 Å². The number of carbonyl (C=O) groups excluding carboxylic acids is 2. The van der Waals surface area contributed by atoms with Gasteiger partial charge in [0, 0.05) is 31.0 Å². The van der Waals surface area contributed by atoms with E-state index in [4.69, 9.17) is 0 Å². The lowest BCUT2D eigenvalue weighted by molar-refractivity contribution is -0.274. The van der Waals surface area contributed by atoms with Crippen LogP contribution in [0.2, 0.25) is 0 Å². The van der Waals surface area contributed by atoms with E-state index >= 15 is 0 Å². The molecule has 4 aromatic rings. The minimum absolute atomic E-state index is 0.133. The lowest BCUT2D eigenvalue weighted by Crippen LogP contribution is -2.31. The van der Waals surface area contributed by atoms with E-state index in [0.717, 1.165) is 16.8 Å². The molecule has 2 heterocycles. The fraction of sp³-hybridized carbons (Fsp3) is 0.258. The summed E-state index contributed by atoms with van der Waals surface area (Å²) in [6.07, 6.45) is -3.33. The number of amides is 3. The van der Waals surface area contributed by atoms with Crippen LogP contribution in [-0.2, 0) is 4.79 Å². The normalized spacial score (nSPS) is 14.4. The number of thioether (sulfide) groups is 1. The van der Waals surface area contributed by atoms with Gasteiger partial charge in [0.1, 0.15) is 12.1 Å². The second kappa shape index (κ2) is 12.6. The topological polar surface area (TPSA) is 105 Å². The van der Waals surface area contributed by atoms with Gasteiger partial charge in [-0.05, 0) is 84.6 Å². The van der Waals surface area contributed by atoms with Gasteiger partial charge < -0.3 is 15.0 Å². The summed E-state index contributed by atoms with van der Waals surface area (Å²) < 4.78 is 42.7. The number of urea groups is 1. The van der Waals surface area contributed by atoms with Crippen molar-refractivity contribution in [2.45, 2.75) is 33.1 Å². The minimum atomic E-state index is -4.77. The summed E-state index contributed by atoms with van der Waals surface area (Å²) in [5.41, 5.74) is 5.08. The Labute approximate surface area is 261 Å². The number of ether oxygens (including phenoxy) is 1. The van der Waals surface area contributed by atoms with Gasteiger partial charge in [-0.2, -0.15) is 4.99 Å². The van der Waals surface area contributed by atoms with Crippen molar-refractivity contribution in [3.8, 4) is 22.8 Å². The highest BCUT2D eigenvalue weighted by atomic mass is 32.2. The van der Waals surface area contributed by atoms with Crippen LogP contribution in [0.4, 0.5) is 35.0 Å². The number of benzene rings is 3. The Bertz CT molecular complexity index is 1770. The van der Waals surface area contributed by atoms with Crippen molar-refractivity contribution in [2.24, 2.45) is 4.99 Å². The molecule has 1 aromatic heterocycles. The average Bonchev–Trinajstić information content (AvgIpc) is 3.60. The Kier molecular flexibility index (Phi) is 8.87. The molecule has 1 saturated heterocycles. The predicted molar refractivity (Wildman–Crippen MR) is 169 cm³/mol. The highest BCUT2D eigenvalue weighted by molar-refractivity contribution is 8.15. The monoisotopic (exact) mass is 637 g/mol. The van der Waals surface area contributed by atoms with E-state index < -0.39 is 12.4 Å². The van der Waals surface area contributed by atoms with E-state index in [2.05, 4.69) is 39.0 Å². The van der Waals surface area contributed by atoms with Crippen molar-refractivity contribution in [1.29, 1.82) is 0 Å². The first-order valence-electron chi connectivity index (χ1n) is 13.8. The molecule has 0 radical (unpaired) electrons. The van der Waals surface area contributed by atoms with E-state index in [1.807, 2.05) is 44.1 Å². The molecule has 0 unspecified atom stereocenters. The number of halogens is 3. The number of alkyl halides is 3. The Morgan fingerprint density at radius 1 is 1.09 bits per heavy atom. The molecule has 0 spiro atoms. The summed E-state index contributed by atoms with van der Waals surface area (Å²) in [5.74, 6) is 0.204. The Morgan fingerprint density at radius 2 is 1.82 bits per heavy atom. The van der Waals surface area contributed by atoms with Crippen molar-refractivity contribution in [1.82, 2.24) is 14.8 Å². The highest BCUT2D eigenvalue weighted by Gasteiger charge is 2.33. The lowest BCUT2D eigenvalue weighted by atomic mass is 9.99. The smallest absolute Gasteiger partial charge is 0.406 e.